The summed E-state index contributed by atoms with van der Waals surface area (Å²) in [6.07, 6.45) is 1.76. The largest absolute Gasteiger partial charge is 0.497 e. The first-order valence-electron chi connectivity index (χ1n) is 15.9. The zero-order valence-electron chi connectivity index (χ0n) is 27.5. The van der Waals surface area contributed by atoms with Crippen LogP contribution in [0.15, 0.2) is 112 Å². The average Bonchev–Trinajstić information content (AvgIpc) is 3.45. The molecule has 0 bridgehead atoms. The number of non-ortho nitro benzene ring substituents is 1. The van der Waals surface area contributed by atoms with Crippen molar-refractivity contribution in [3.05, 3.63) is 155 Å². The number of nitrogens with zero attached hydrogens (tertiary/aromatic N) is 3. The van der Waals surface area contributed by atoms with Crippen molar-refractivity contribution in [1.82, 2.24) is 4.57 Å². The van der Waals surface area contributed by atoms with Crippen molar-refractivity contribution in [2.45, 2.75) is 26.5 Å². The number of carbonyl (C=O) groups is 1. The molecule has 1 atom stereocenters. The Morgan fingerprint density at radius 3 is 2.42 bits per heavy atom. The third-order valence-electron chi connectivity index (χ3n) is 7.89. The average molecular weight is 692 g/mol. The fourth-order valence-corrected chi connectivity index (χ4v) is 6.60. The van der Waals surface area contributed by atoms with E-state index in [4.69, 9.17) is 23.9 Å². The maximum atomic E-state index is 14.3. The van der Waals surface area contributed by atoms with E-state index in [0.717, 1.165) is 5.56 Å². The van der Waals surface area contributed by atoms with Gasteiger partial charge in [-0.2, -0.15) is 0 Å². The Bertz CT molecular complexity index is 2260. The van der Waals surface area contributed by atoms with E-state index >= 15 is 0 Å². The highest BCUT2D eigenvalue weighted by atomic mass is 32.1. The molecule has 0 radical (unpaired) electrons. The second kappa shape index (κ2) is 15.0. The van der Waals surface area contributed by atoms with Crippen molar-refractivity contribution >= 4 is 34.8 Å². The molecule has 11 nitrogen and oxygen atoms in total. The van der Waals surface area contributed by atoms with Crippen LogP contribution in [0.2, 0.25) is 0 Å². The van der Waals surface area contributed by atoms with Gasteiger partial charge >= 0.3 is 5.97 Å². The van der Waals surface area contributed by atoms with Gasteiger partial charge in [0.25, 0.3) is 11.2 Å². The summed E-state index contributed by atoms with van der Waals surface area (Å²) in [6.45, 7) is 4.29. The molecule has 0 unspecified atom stereocenters. The smallest absolute Gasteiger partial charge is 0.338 e. The summed E-state index contributed by atoms with van der Waals surface area (Å²) in [5.41, 5.74) is 3.17. The van der Waals surface area contributed by atoms with Crippen LogP contribution < -0.4 is 29.1 Å². The highest BCUT2D eigenvalue weighted by Crippen LogP contribution is 2.36. The van der Waals surface area contributed by atoms with Crippen LogP contribution >= 0.6 is 11.3 Å². The van der Waals surface area contributed by atoms with E-state index < -0.39 is 16.9 Å². The lowest BCUT2D eigenvalue weighted by atomic mass is 9.93. The molecule has 1 aromatic heterocycles. The van der Waals surface area contributed by atoms with Crippen molar-refractivity contribution in [2.24, 2.45) is 4.99 Å². The van der Waals surface area contributed by atoms with E-state index in [-0.39, 0.29) is 30.0 Å². The maximum absolute atomic E-state index is 14.3. The van der Waals surface area contributed by atoms with E-state index in [1.54, 1.807) is 56.5 Å². The molecule has 4 aromatic carbocycles. The molecule has 12 heteroatoms. The summed E-state index contributed by atoms with van der Waals surface area (Å²) in [5.74, 6) is 0.961. The van der Waals surface area contributed by atoms with Gasteiger partial charge in [0, 0.05) is 17.7 Å². The molecule has 5 aromatic rings. The quantitative estimate of drug-likeness (QED) is 0.0908. The van der Waals surface area contributed by atoms with Gasteiger partial charge in [0.15, 0.2) is 16.3 Å². The van der Waals surface area contributed by atoms with Gasteiger partial charge in [-0.3, -0.25) is 19.5 Å². The van der Waals surface area contributed by atoms with Crippen LogP contribution in [-0.4, -0.2) is 35.8 Å². The minimum absolute atomic E-state index is 0.00149. The number of methoxy groups -OCH3 is 1. The SMILES string of the molecule is CCOC(=O)C1=C(c2ccccc2)N=c2s/c(=C\c3ccc(OCc4ccc([N+](=O)[O-])cc4)c(OCC)c3)c(=O)n2[C@H]1c1cccc(OC)c1. The summed E-state index contributed by atoms with van der Waals surface area (Å²) >= 11 is 1.22. The lowest BCUT2D eigenvalue weighted by Gasteiger charge is -2.26. The fourth-order valence-electron chi connectivity index (χ4n) is 5.60. The van der Waals surface area contributed by atoms with E-state index in [9.17, 15) is 19.7 Å². The summed E-state index contributed by atoms with van der Waals surface area (Å²) in [7, 11) is 1.56. The van der Waals surface area contributed by atoms with E-state index in [0.29, 0.717) is 55.6 Å². The van der Waals surface area contributed by atoms with Crippen LogP contribution in [-0.2, 0) is 16.1 Å². The molecule has 1 aliphatic rings. The number of carbonyl (C=O) groups excluding carboxylic acids is 1. The molecular weight excluding hydrogens is 658 g/mol. The molecule has 0 saturated carbocycles. The number of benzene rings is 4. The minimum Gasteiger partial charge on any atom is -0.497 e. The number of esters is 1. The second-order valence-electron chi connectivity index (χ2n) is 11.1. The van der Waals surface area contributed by atoms with Crippen molar-refractivity contribution in [3.63, 3.8) is 0 Å². The predicted molar refractivity (Wildman–Crippen MR) is 189 cm³/mol. The number of thiazole rings is 1. The van der Waals surface area contributed by atoms with E-state index in [2.05, 4.69) is 0 Å². The Labute approximate surface area is 291 Å². The molecule has 0 N–H and O–H groups in total. The topological polar surface area (TPSA) is 131 Å². The molecule has 0 fully saturated rings. The van der Waals surface area contributed by atoms with Gasteiger partial charge in [-0.1, -0.05) is 59.9 Å². The van der Waals surface area contributed by atoms with E-state index in [1.807, 2.05) is 55.5 Å². The molecule has 0 spiro atoms. The highest BCUT2D eigenvalue weighted by Gasteiger charge is 2.35. The second-order valence-corrected chi connectivity index (χ2v) is 12.1. The Balaban J connectivity index is 1.45. The van der Waals surface area contributed by atoms with Crippen LogP contribution in [0.3, 0.4) is 0 Å². The third-order valence-corrected chi connectivity index (χ3v) is 8.87. The Morgan fingerprint density at radius 2 is 1.72 bits per heavy atom. The van der Waals surface area contributed by atoms with Crippen molar-refractivity contribution < 1.29 is 28.7 Å². The molecular formula is C38H33N3O8S. The third kappa shape index (κ3) is 7.06. The first-order chi connectivity index (χ1) is 24.3. The van der Waals surface area contributed by atoms with Gasteiger partial charge in [0.1, 0.15) is 12.4 Å². The van der Waals surface area contributed by atoms with Crippen molar-refractivity contribution in [2.75, 3.05) is 20.3 Å². The fraction of sp³-hybridized carbons (Fsp3) is 0.184. The number of rotatable bonds is 12. The van der Waals surface area contributed by atoms with Crippen LogP contribution in [0.1, 0.15) is 42.1 Å². The van der Waals surface area contributed by atoms with Crippen LogP contribution in [0.4, 0.5) is 5.69 Å². The maximum Gasteiger partial charge on any atom is 0.338 e. The van der Waals surface area contributed by atoms with Gasteiger partial charge < -0.3 is 18.9 Å². The molecule has 50 heavy (non-hydrogen) atoms. The number of ether oxygens (including phenoxy) is 4. The minimum atomic E-state index is -0.841. The molecule has 6 rings (SSSR count). The lowest BCUT2D eigenvalue weighted by molar-refractivity contribution is -0.384. The Hall–Kier alpha value is -6.01. The van der Waals surface area contributed by atoms with Gasteiger partial charge in [0.2, 0.25) is 0 Å². The molecule has 1 aliphatic heterocycles. The molecule has 0 saturated heterocycles. The number of nitro benzene ring substituents is 1. The summed E-state index contributed by atoms with van der Waals surface area (Å²) in [5, 5.41) is 11.0. The number of fused-ring (bicyclic) bond motifs is 1. The van der Waals surface area contributed by atoms with E-state index in [1.165, 1.54) is 28.0 Å². The van der Waals surface area contributed by atoms with Crippen molar-refractivity contribution in [3.8, 4) is 17.2 Å². The van der Waals surface area contributed by atoms with Crippen LogP contribution in [0.5, 0.6) is 17.2 Å². The first kappa shape index (κ1) is 33.9. The van der Waals surface area contributed by atoms with Crippen LogP contribution in [0, 0.1) is 10.1 Å². The normalized spacial score (nSPS) is 14.1. The molecule has 2 heterocycles. The Morgan fingerprint density at radius 1 is 0.940 bits per heavy atom. The number of aromatic nitrogens is 1. The van der Waals surface area contributed by atoms with Gasteiger partial charge in [-0.05, 0) is 73.0 Å². The molecule has 0 amide bonds. The number of hydrogen-bond acceptors (Lipinski definition) is 10. The predicted octanol–water partition coefficient (Wildman–Crippen LogP) is 5.83. The molecule has 254 valence electrons. The monoisotopic (exact) mass is 691 g/mol. The summed E-state index contributed by atoms with van der Waals surface area (Å²) in [6, 6.07) is 27.3. The summed E-state index contributed by atoms with van der Waals surface area (Å²) in [4.78, 5) is 43.9. The van der Waals surface area contributed by atoms with Gasteiger partial charge in [0.05, 0.1) is 47.1 Å². The number of hydrogen-bond donors (Lipinski definition) is 0. The standard InChI is InChI=1S/C38H33N3O8S/c1-4-47-31-20-25(16-19-30(31)49-23-24-14-17-28(18-15-24)41(44)45)21-32-36(42)40-35(27-12-9-13-29(22-27)46-3)33(37(43)48-5-2)34(39-38(40)50-32)26-10-7-6-8-11-26/h6-22,35H,4-5,23H2,1-3H3/b32-21-/t35-/m0/s1. The number of nitro groups is 1. The highest BCUT2D eigenvalue weighted by molar-refractivity contribution is 7.07. The van der Waals surface area contributed by atoms with Gasteiger partial charge in [-0.15, -0.1) is 0 Å². The zero-order valence-corrected chi connectivity index (χ0v) is 28.3. The molecule has 0 aliphatic carbocycles. The zero-order chi connectivity index (χ0) is 35.2. The summed E-state index contributed by atoms with van der Waals surface area (Å²) < 4.78 is 24.9. The van der Waals surface area contributed by atoms with Gasteiger partial charge in [-0.25, -0.2) is 9.79 Å². The van der Waals surface area contributed by atoms with Crippen molar-refractivity contribution in [1.29, 1.82) is 0 Å². The van der Waals surface area contributed by atoms with Crippen LogP contribution in [0.25, 0.3) is 11.8 Å². The Kier molecular flexibility index (Phi) is 10.2. The first-order valence-corrected chi connectivity index (χ1v) is 16.7. The lowest BCUT2D eigenvalue weighted by Crippen LogP contribution is -2.40.